The van der Waals surface area contributed by atoms with Gasteiger partial charge in [-0.25, -0.2) is 9.37 Å². The first kappa shape index (κ1) is 19.7. The Bertz CT molecular complexity index is 1240. The maximum Gasteiger partial charge on any atom is 0.229 e. The second-order valence-electron chi connectivity index (χ2n) is 8.16. The van der Waals surface area contributed by atoms with Crippen LogP contribution in [0.15, 0.2) is 72.9 Å². The van der Waals surface area contributed by atoms with E-state index >= 15 is 4.39 Å². The topological polar surface area (TPSA) is 54.9 Å². The first-order chi connectivity index (χ1) is 14.3. The molecule has 0 saturated carbocycles. The van der Waals surface area contributed by atoms with Gasteiger partial charge in [-0.15, -0.1) is 0 Å². The molecule has 2 aromatic heterocycles. The van der Waals surface area contributed by atoms with Crippen LogP contribution in [0.2, 0.25) is 0 Å². The van der Waals surface area contributed by atoms with Crippen LogP contribution in [0.25, 0.3) is 33.4 Å². The molecule has 0 bridgehead atoms. The van der Waals surface area contributed by atoms with Crippen LogP contribution in [0.3, 0.4) is 0 Å². The van der Waals surface area contributed by atoms with Crippen LogP contribution in [0.5, 0.6) is 0 Å². The van der Waals surface area contributed by atoms with Crippen molar-refractivity contribution in [1.29, 1.82) is 0 Å². The fourth-order valence-corrected chi connectivity index (χ4v) is 3.17. The zero-order valence-electron chi connectivity index (χ0n) is 17.1. The Kier molecular flexibility index (Phi) is 5.04. The number of rotatable bonds is 3. The molecule has 0 atom stereocenters. The zero-order chi connectivity index (χ0) is 21.3. The largest absolute Gasteiger partial charge is 0.325 e. The molecule has 4 nitrogen and oxygen atoms in total. The molecule has 1 N–H and O–H groups in total. The lowest BCUT2D eigenvalue weighted by Gasteiger charge is -2.20. The lowest BCUT2D eigenvalue weighted by Crippen LogP contribution is -2.27. The molecule has 2 aromatic carbocycles. The molecule has 0 aliphatic heterocycles. The standard InChI is InChI=1S/C25H22FN3O/c1-25(2,3)24(30)29-20-11-7-5-9-17(20)18-14-15-27-23(22(18)26)21-13-12-16-8-4-6-10-19(16)28-21/h4-15H,1-3H3,(H,29,30). The zero-order valence-corrected chi connectivity index (χ0v) is 17.1. The normalized spacial score (nSPS) is 11.5. The van der Waals surface area contributed by atoms with Gasteiger partial charge in [-0.1, -0.05) is 63.2 Å². The first-order valence-electron chi connectivity index (χ1n) is 9.76. The highest BCUT2D eigenvalue weighted by Crippen LogP contribution is 2.34. The van der Waals surface area contributed by atoms with Crippen molar-refractivity contribution >= 4 is 22.5 Å². The van der Waals surface area contributed by atoms with Crippen molar-refractivity contribution in [3.63, 3.8) is 0 Å². The fourth-order valence-electron chi connectivity index (χ4n) is 3.17. The van der Waals surface area contributed by atoms with Gasteiger partial charge in [0.15, 0.2) is 5.82 Å². The number of carbonyl (C=O) groups is 1. The van der Waals surface area contributed by atoms with Crippen LogP contribution in [-0.2, 0) is 4.79 Å². The van der Waals surface area contributed by atoms with Gasteiger partial charge >= 0.3 is 0 Å². The molecule has 5 heteroatoms. The van der Waals surface area contributed by atoms with Crippen molar-refractivity contribution in [2.24, 2.45) is 5.41 Å². The average molecular weight is 399 g/mol. The van der Waals surface area contributed by atoms with Crippen LogP contribution in [0.1, 0.15) is 20.8 Å². The number of nitrogens with one attached hydrogen (secondary N) is 1. The number of pyridine rings is 2. The monoisotopic (exact) mass is 399 g/mol. The van der Waals surface area contributed by atoms with E-state index in [4.69, 9.17) is 0 Å². The number of carbonyl (C=O) groups excluding carboxylic acids is 1. The van der Waals surface area contributed by atoms with E-state index in [0.29, 0.717) is 22.5 Å². The Morgan fingerprint density at radius 3 is 2.43 bits per heavy atom. The number of halogens is 1. The Labute approximate surface area is 174 Å². The van der Waals surface area contributed by atoms with Crippen molar-refractivity contribution in [2.45, 2.75) is 20.8 Å². The number of para-hydroxylation sites is 2. The highest BCUT2D eigenvalue weighted by Gasteiger charge is 2.23. The van der Waals surface area contributed by atoms with Crippen molar-refractivity contribution in [3.8, 4) is 22.5 Å². The summed E-state index contributed by atoms with van der Waals surface area (Å²) in [5.41, 5.74) is 2.36. The number of anilines is 1. The van der Waals surface area contributed by atoms with Crippen LogP contribution < -0.4 is 5.32 Å². The number of hydrogen-bond donors (Lipinski definition) is 1. The molecule has 2 heterocycles. The molecular formula is C25H22FN3O. The molecule has 150 valence electrons. The van der Waals surface area contributed by atoms with Gasteiger partial charge in [-0.3, -0.25) is 9.78 Å². The summed E-state index contributed by atoms with van der Waals surface area (Å²) in [7, 11) is 0. The molecule has 0 radical (unpaired) electrons. The van der Waals surface area contributed by atoms with Crippen molar-refractivity contribution < 1.29 is 9.18 Å². The predicted octanol–water partition coefficient (Wildman–Crippen LogP) is 6.09. The third-order valence-corrected chi connectivity index (χ3v) is 4.88. The highest BCUT2D eigenvalue weighted by molar-refractivity contribution is 5.98. The SMILES string of the molecule is CC(C)(C)C(=O)Nc1ccccc1-c1ccnc(-c2ccc3ccccc3n2)c1F. The summed E-state index contributed by atoms with van der Waals surface area (Å²) in [6.07, 6.45) is 1.56. The summed E-state index contributed by atoms with van der Waals surface area (Å²) in [5.74, 6) is -0.612. The van der Waals surface area contributed by atoms with Crippen LogP contribution in [-0.4, -0.2) is 15.9 Å². The van der Waals surface area contributed by atoms with E-state index < -0.39 is 11.2 Å². The van der Waals surface area contributed by atoms with E-state index in [1.165, 1.54) is 0 Å². The van der Waals surface area contributed by atoms with E-state index in [-0.39, 0.29) is 11.6 Å². The van der Waals surface area contributed by atoms with Crippen molar-refractivity contribution in [2.75, 3.05) is 5.32 Å². The second-order valence-corrected chi connectivity index (χ2v) is 8.16. The molecular weight excluding hydrogens is 377 g/mol. The fraction of sp³-hybridized carbons (Fsp3) is 0.160. The number of amides is 1. The Hall–Kier alpha value is -3.60. The molecule has 0 fully saturated rings. The predicted molar refractivity (Wildman–Crippen MR) is 118 cm³/mol. The van der Waals surface area contributed by atoms with Crippen LogP contribution in [0.4, 0.5) is 10.1 Å². The number of nitrogens with zero attached hydrogens (tertiary/aromatic N) is 2. The minimum absolute atomic E-state index is 0.138. The molecule has 4 aromatic rings. The molecule has 0 spiro atoms. The molecule has 30 heavy (non-hydrogen) atoms. The van der Waals surface area contributed by atoms with Gasteiger partial charge in [-0.05, 0) is 24.3 Å². The van der Waals surface area contributed by atoms with E-state index in [1.54, 1.807) is 30.5 Å². The molecule has 0 saturated heterocycles. The van der Waals surface area contributed by atoms with Gasteiger partial charge in [-0.2, -0.15) is 0 Å². The summed E-state index contributed by atoms with van der Waals surface area (Å²) in [4.78, 5) is 21.3. The molecule has 1 amide bonds. The van der Waals surface area contributed by atoms with Crippen molar-refractivity contribution in [1.82, 2.24) is 9.97 Å². The Morgan fingerprint density at radius 2 is 1.63 bits per heavy atom. The van der Waals surface area contributed by atoms with Gasteiger partial charge in [0.25, 0.3) is 0 Å². The lowest BCUT2D eigenvalue weighted by molar-refractivity contribution is -0.123. The molecule has 4 rings (SSSR count). The Morgan fingerprint density at radius 1 is 0.900 bits per heavy atom. The maximum absolute atomic E-state index is 15.6. The smallest absolute Gasteiger partial charge is 0.229 e. The summed E-state index contributed by atoms with van der Waals surface area (Å²) in [5, 5.41) is 3.90. The lowest BCUT2D eigenvalue weighted by atomic mass is 9.95. The highest BCUT2D eigenvalue weighted by atomic mass is 19.1. The number of hydrogen-bond acceptors (Lipinski definition) is 3. The quantitative estimate of drug-likeness (QED) is 0.454. The van der Waals surface area contributed by atoms with E-state index in [0.717, 1.165) is 10.9 Å². The number of fused-ring (bicyclic) bond motifs is 1. The van der Waals surface area contributed by atoms with Gasteiger partial charge in [0.1, 0.15) is 5.69 Å². The summed E-state index contributed by atoms with van der Waals surface area (Å²) < 4.78 is 15.6. The third kappa shape index (κ3) is 3.79. The van der Waals surface area contributed by atoms with Gasteiger partial charge in [0.05, 0.1) is 11.2 Å². The summed E-state index contributed by atoms with van der Waals surface area (Å²) >= 11 is 0. The average Bonchev–Trinajstić information content (AvgIpc) is 2.73. The van der Waals surface area contributed by atoms with Gasteiger partial charge < -0.3 is 5.32 Å². The van der Waals surface area contributed by atoms with E-state index in [9.17, 15) is 4.79 Å². The Balaban J connectivity index is 1.80. The van der Waals surface area contributed by atoms with E-state index in [2.05, 4.69) is 15.3 Å². The van der Waals surface area contributed by atoms with Crippen LogP contribution >= 0.6 is 0 Å². The minimum atomic E-state index is -0.565. The maximum atomic E-state index is 15.6. The van der Waals surface area contributed by atoms with Gasteiger partial charge in [0, 0.05) is 33.8 Å². The summed E-state index contributed by atoms with van der Waals surface area (Å²) in [6, 6.07) is 20.1. The number of benzene rings is 2. The minimum Gasteiger partial charge on any atom is -0.325 e. The summed E-state index contributed by atoms with van der Waals surface area (Å²) in [6.45, 7) is 5.50. The number of aromatic nitrogens is 2. The van der Waals surface area contributed by atoms with Crippen LogP contribution in [0, 0.1) is 11.2 Å². The first-order valence-corrected chi connectivity index (χ1v) is 9.76. The van der Waals surface area contributed by atoms with E-state index in [1.807, 2.05) is 63.2 Å². The third-order valence-electron chi connectivity index (χ3n) is 4.88. The van der Waals surface area contributed by atoms with Crippen molar-refractivity contribution in [3.05, 3.63) is 78.7 Å². The second kappa shape index (κ2) is 7.67. The van der Waals surface area contributed by atoms with Gasteiger partial charge in [0.2, 0.25) is 5.91 Å². The molecule has 0 unspecified atom stereocenters. The molecule has 0 aliphatic rings. The molecule has 0 aliphatic carbocycles.